The lowest BCUT2D eigenvalue weighted by Crippen LogP contribution is -2.30. The van der Waals surface area contributed by atoms with Gasteiger partial charge in [0.15, 0.2) is 0 Å². The Bertz CT molecular complexity index is 206. The van der Waals surface area contributed by atoms with E-state index in [2.05, 4.69) is 6.58 Å². The normalized spacial score (nSPS) is 27.7. The second-order valence-corrected chi connectivity index (χ2v) is 3.82. The van der Waals surface area contributed by atoms with Crippen LogP contribution >= 0.6 is 0 Å². The lowest BCUT2D eigenvalue weighted by molar-refractivity contribution is -0.147. The standard InChI is InChI=1S/C10H14O2/c1-8-7-12-9(11)10(8)5-3-2-4-6-10/h1-7H2. The molecule has 0 N–H and O–H groups in total. The lowest BCUT2D eigenvalue weighted by atomic mass is 9.71. The minimum Gasteiger partial charge on any atom is -0.460 e. The summed E-state index contributed by atoms with van der Waals surface area (Å²) in [7, 11) is 0. The van der Waals surface area contributed by atoms with Crippen LogP contribution in [0.2, 0.25) is 0 Å². The zero-order valence-corrected chi connectivity index (χ0v) is 7.27. The molecule has 1 spiro atoms. The summed E-state index contributed by atoms with van der Waals surface area (Å²) in [4.78, 5) is 11.5. The molecule has 0 unspecified atom stereocenters. The van der Waals surface area contributed by atoms with Crippen molar-refractivity contribution in [3.63, 3.8) is 0 Å². The van der Waals surface area contributed by atoms with Gasteiger partial charge in [-0.2, -0.15) is 0 Å². The quantitative estimate of drug-likeness (QED) is 0.406. The van der Waals surface area contributed by atoms with E-state index >= 15 is 0 Å². The molecule has 1 aliphatic heterocycles. The van der Waals surface area contributed by atoms with Gasteiger partial charge in [0.1, 0.15) is 6.61 Å². The molecule has 0 aromatic rings. The molecule has 1 saturated heterocycles. The molecule has 0 aromatic carbocycles. The number of cyclic esters (lactones) is 1. The van der Waals surface area contributed by atoms with E-state index in [0.717, 1.165) is 31.3 Å². The Hall–Kier alpha value is -0.790. The summed E-state index contributed by atoms with van der Waals surface area (Å²) < 4.78 is 5.02. The number of hydrogen-bond acceptors (Lipinski definition) is 2. The van der Waals surface area contributed by atoms with Gasteiger partial charge < -0.3 is 4.74 Å². The smallest absolute Gasteiger partial charge is 0.316 e. The molecule has 12 heavy (non-hydrogen) atoms. The Labute approximate surface area is 72.6 Å². The maximum Gasteiger partial charge on any atom is 0.316 e. The first-order chi connectivity index (χ1) is 5.76. The second kappa shape index (κ2) is 2.61. The van der Waals surface area contributed by atoms with Gasteiger partial charge in [-0.05, 0) is 18.4 Å². The lowest BCUT2D eigenvalue weighted by Gasteiger charge is -2.29. The highest BCUT2D eigenvalue weighted by Crippen LogP contribution is 2.46. The van der Waals surface area contributed by atoms with E-state index in [0.29, 0.717) is 6.61 Å². The van der Waals surface area contributed by atoms with Crippen LogP contribution in [0.1, 0.15) is 32.1 Å². The Morgan fingerprint density at radius 2 is 1.92 bits per heavy atom. The summed E-state index contributed by atoms with van der Waals surface area (Å²) >= 11 is 0. The molecule has 1 saturated carbocycles. The third kappa shape index (κ3) is 0.904. The van der Waals surface area contributed by atoms with Crippen molar-refractivity contribution in [1.29, 1.82) is 0 Å². The molecule has 0 amide bonds. The van der Waals surface area contributed by atoms with Crippen LogP contribution in [0.4, 0.5) is 0 Å². The summed E-state index contributed by atoms with van der Waals surface area (Å²) in [5, 5.41) is 0. The van der Waals surface area contributed by atoms with Crippen molar-refractivity contribution in [2.24, 2.45) is 5.41 Å². The van der Waals surface area contributed by atoms with Crippen molar-refractivity contribution < 1.29 is 9.53 Å². The number of rotatable bonds is 0. The fraction of sp³-hybridized carbons (Fsp3) is 0.700. The molecule has 1 heterocycles. The molecule has 2 rings (SSSR count). The van der Waals surface area contributed by atoms with E-state index in [1.54, 1.807) is 0 Å². The number of carbonyl (C=O) groups is 1. The highest BCUT2D eigenvalue weighted by atomic mass is 16.5. The minimum absolute atomic E-state index is 0.0211. The van der Waals surface area contributed by atoms with Crippen LogP contribution in [0.3, 0.4) is 0 Å². The van der Waals surface area contributed by atoms with E-state index in [9.17, 15) is 4.79 Å². The van der Waals surface area contributed by atoms with Gasteiger partial charge in [-0.1, -0.05) is 25.8 Å². The zero-order chi connectivity index (χ0) is 8.60. The molecular weight excluding hydrogens is 152 g/mol. The van der Waals surface area contributed by atoms with Crippen LogP contribution in [-0.4, -0.2) is 12.6 Å². The molecule has 0 bridgehead atoms. The predicted octanol–water partition coefficient (Wildman–Crippen LogP) is 2.05. The molecule has 0 aromatic heterocycles. The Balaban J connectivity index is 2.26. The zero-order valence-electron chi connectivity index (χ0n) is 7.27. The summed E-state index contributed by atoms with van der Waals surface area (Å²) in [6, 6.07) is 0. The number of ether oxygens (including phenoxy) is 1. The molecule has 66 valence electrons. The second-order valence-electron chi connectivity index (χ2n) is 3.82. The average Bonchev–Trinajstić information content (AvgIpc) is 2.36. The first-order valence-corrected chi connectivity index (χ1v) is 4.61. The molecular formula is C10H14O2. The van der Waals surface area contributed by atoms with Gasteiger partial charge >= 0.3 is 5.97 Å². The SMILES string of the molecule is C=C1COC(=O)C12CCCCC2. The summed E-state index contributed by atoms with van der Waals surface area (Å²) in [6.45, 7) is 4.39. The fourth-order valence-corrected chi connectivity index (χ4v) is 2.29. The molecule has 2 nitrogen and oxygen atoms in total. The molecule has 0 atom stereocenters. The minimum atomic E-state index is -0.266. The maximum atomic E-state index is 11.5. The van der Waals surface area contributed by atoms with Crippen LogP contribution in [0.15, 0.2) is 12.2 Å². The summed E-state index contributed by atoms with van der Waals surface area (Å²) in [5.74, 6) is -0.0211. The molecule has 0 radical (unpaired) electrons. The number of carbonyl (C=O) groups excluding carboxylic acids is 1. The molecule has 1 aliphatic carbocycles. The van der Waals surface area contributed by atoms with Gasteiger partial charge in [0.2, 0.25) is 0 Å². The van der Waals surface area contributed by atoms with E-state index < -0.39 is 0 Å². The first kappa shape index (κ1) is 7.84. The average molecular weight is 166 g/mol. The van der Waals surface area contributed by atoms with Crippen LogP contribution in [0.25, 0.3) is 0 Å². The largest absolute Gasteiger partial charge is 0.460 e. The van der Waals surface area contributed by atoms with Gasteiger partial charge in [-0.25, -0.2) is 0 Å². The topological polar surface area (TPSA) is 26.3 Å². The van der Waals surface area contributed by atoms with E-state index in [4.69, 9.17) is 4.74 Å². The summed E-state index contributed by atoms with van der Waals surface area (Å²) in [5.41, 5.74) is 0.741. The van der Waals surface area contributed by atoms with Crippen molar-refractivity contribution in [3.05, 3.63) is 12.2 Å². The highest BCUT2D eigenvalue weighted by molar-refractivity contribution is 5.83. The van der Waals surface area contributed by atoms with E-state index in [-0.39, 0.29) is 11.4 Å². The third-order valence-corrected chi connectivity index (χ3v) is 3.15. The van der Waals surface area contributed by atoms with Crippen LogP contribution < -0.4 is 0 Å². The molecule has 2 heteroatoms. The van der Waals surface area contributed by atoms with Crippen LogP contribution in [0, 0.1) is 5.41 Å². The van der Waals surface area contributed by atoms with Crippen molar-refractivity contribution >= 4 is 5.97 Å². The van der Waals surface area contributed by atoms with Crippen molar-refractivity contribution in [1.82, 2.24) is 0 Å². The van der Waals surface area contributed by atoms with Crippen LogP contribution in [-0.2, 0) is 9.53 Å². The van der Waals surface area contributed by atoms with Gasteiger partial charge in [-0.3, -0.25) is 4.79 Å². The number of hydrogen-bond donors (Lipinski definition) is 0. The fourth-order valence-electron chi connectivity index (χ4n) is 2.29. The van der Waals surface area contributed by atoms with Gasteiger partial charge in [-0.15, -0.1) is 0 Å². The van der Waals surface area contributed by atoms with Gasteiger partial charge in [0.25, 0.3) is 0 Å². The predicted molar refractivity (Wildman–Crippen MR) is 45.6 cm³/mol. The van der Waals surface area contributed by atoms with Crippen LogP contribution in [0.5, 0.6) is 0 Å². The van der Waals surface area contributed by atoms with Gasteiger partial charge in [0.05, 0.1) is 5.41 Å². The van der Waals surface area contributed by atoms with Gasteiger partial charge in [0, 0.05) is 0 Å². The molecule has 2 fully saturated rings. The third-order valence-electron chi connectivity index (χ3n) is 3.15. The molecule has 2 aliphatic rings. The van der Waals surface area contributed by atoms with E-state index in [1.165, 1.54) is 6.42 Å². The number of esters is 1. The van der Waals surface area contributed by atoms with E-state index in [1.807, 2.05) is 0 Å². The Kier molecular flexibility index (Phi) is 1.71. The van der Waals surface area contributed by atoms with Crippen molar-refractivity contribution in [2.45, 2.75) is 32.1 Å². The monoisotopic (exact) mass is 166 g/mol. The Morgan fingerprint density at radius 1 is 1.25 bits per heavy atom. The summed E-state index contributed by atoms with van der Waals surface area (Å²) in [6.07, 6.45) is 5.47. The van der Waals surface area contributed by atoms with Crippen molar-refractivity contribution in [2.75, 3.05) is 6.61 Å². The Morgan fingerprint density at radius 3 is 2.42 bits per heavy atom. The highest BCUT2D eigenvalue weighted by Gasteiger charge is 2.47. The van der Waals surface area contributed by atoms with Crippen molar-refractivity contribution in [3.8, 4) is 0 Å². The maximum absolute atomic E-state index is 11.5. The first-order valence-electron chi connectivity index (χ1n) is 4.61.